The minimum atomic E-state index is 0.00881. The molecule has 29 heavy (non-hydrogen) atoms. The van der Waals surface area contributed by atoms with Crippen molar-refractivity contribution >= 4 is 0 Å². The van der Waals surface area contributed by atoms with Crippen LogP contribution in [0.4, 0.5) is 0 Å². The number of hydrogen-bond donors (Lipinski definition) is 1. The SMILES string of the molecule is N#CCCCOc1cccc(CNCc2ccc(Cn3ccccc3=O)cc2)c1. The molecule has 0 spiro atoms. The lowest BCUT2D eigenvalue weighted by Gasteiger charge is -2.09. The maximum atomic E-state index is 11.8. The fourth-order valence-corrected chi connectivity index (χ4v) is 2.99. The first-order valence-corrected chi connectivity index (χ1v) is 9.77. The van der Waals surface area contributed by atoms with Crippen LogP contribution in [0.3, 0.4) is 0 Å². The molecule has 0 aliphatic heterocycles. The topological polar surface area (TPSA) is 67.0 Å². The minimum absolute atomic E-state index is 0.00881. The van der Waals surface area contributed by atoms with Gasteiger partial charge in [0.15, 0.2) is 0 Å². The Morgan fingerprint density at radius 2 is 1.72 bits per heavy atom. The van der Waals surface area contributed by atoms with Gasteiger partial charge < -0.3 is 14.6 Å². The zero-order valence-corrected chi connectivity index (χ0v) is 16.4. The highest BCUT2D eigenvalue weighted by Crippen LogP contribution is 2.14. The molecule has 148 valence electrons. The van der Waals surface area contributed by atoms with Crippen molar-refractivity contribution in [2.75, 3.05) is 6.61 Å². The largest absolute Gasteiger partial charge is 0.494 e. The van der Waals surface area contributed by atoms with Gasteiger partial charge in [0, 0.05) is 31.8 Å². The maximum absolute atomic E-state index is 11.8. The van der Waals surface area contributed by atoms with Crippen molar-refractivity contribution < 1.29 is 4.74 Å². The highest BCUT2D eigenvalue weighted by Gasteiger charge is 2.00. The molecule has 5 heteroatoms. The number of aromatic nitrogens is 1. The average molecular weight is 387 g/mol. The fraction of sp³-hybridized carbons (Fsp3) is 0.250. The average Bonchev–Trinajstić information content (AvgIpc) is 2.74. The third-order valence-electron chi connectivity index (χ3n) is 4.53. The number of rotatable bonds is 10. The van der Waals surface area contributed by atoms with E-state index in [1.165, 1.54) is 5.56 Å². The summed E-state index contributed by atoms with van der Waals surface area (Å²) in [6.07, 6.45) is 3.06. The van der Waals surface area contributed by atoms with Gasteiger partial charge in [-0.1, -0.05) is 42.5 Å². The highest BCUT2D eigenvalue weighted by atomic mass is 16.5. The fourth-order valence-electron chi connectivity index (χ4n) is 2.99. The molecule has 0 aliphatic carbocycles. The van der Waals surface area contributed by atoms with Crippen molar-refractivity contribution in [3.05, 3.63) is 100.0 Å². The van der Waals surface area contributed by atoms with E-state index in [4.69, 9.17) is 10.00 Å². The lowest BCUT2D eigenvalue weighted by Crippen LogP contribution is -2.18. The standard InChI is InChI=1S/C24H25N3O2/c25-13-2-4-15-29-23-7-5-6-22(16-23)18-26-17-20-9-11-21(12-10-20)19-27-14-3-1-8-24(27)28/h1,3,5-12,14,16,26H,2,4,15,17-19H2. The molecule has 0 saturated carbocycles. The van der Waals surface area contributed by atoms with Crippen molar-refractivity contribution in [3.63, 3.8) is 0 Å². The van der Waals surface area contributed by atoms with Gasteiger partial charge in [-0.25, -0.2) is 0 Å². The molecule has 1 N–H and O–H groups in total. The van der Waals surface area contributed by atoms with Crippen LogP contribution >= 0.6 is 0 Å². The number of hydrogen-bond acceptors (Lipinski definition) is 4. The second-order valence-electron chi connectivity index (χ2n) is 6.84. The van der Waals surface area contributed by atoms with E-state index in [0.29, 0.717) is 19.6 Å². The van der Waals surface area contributed by atoms with Crippen LogP contribution in [0, 0.1) is 11.3 Å². The summed E-state index contributed by atoms with van der Waals surface area (Å²) in [7, 11) is 0. The Morgan fingerprint density at radius 3 is 2.52 bits per heavy atom. The van der Waals surface area contributed by atoms with Gasteiger partial charge in [-0.05, 0) is 41.3 Å². The summed E-state index contributed by atoms with van der Waals surface area (Å²) in [6.45, 7) is 2.65. The number of pyridine rings is 1. The Balaban J connectivity index is 1.46. The van der Waals surface area contributed by atoms with E-state index in [2.05, 4.69) is 41.7 Å². The van der Waals surface area contributed by atoms with Gasteiger partial charge in [-0.15, -0.1) is 0 Å². The number of nitriles is 1. The molecule has 0 unspecified atom stereocenters. The van der Waals surface area contributed by atoms with Crippen molar-refractivity contribution in [1.82, 2.24) is 9.88 Å². The monoisotopic (exact) mass is 387 g/mol. The number of nitrogens with one attached hydrogen (secondary N) is 1. The van der Waals surface area contributed by atoms with E-state index in [1.807, 2.05) is 24.3 Å². The second kappa shape index (κ2) is 10.8. The summed E-state index contributed by atoms with van der Waals surface area (Å²) < 4.78 is 7.38. The summed E-state index contributed by atoms with van der Waals surface area (Å²) in [4.78, 5) is 11.8. The Labute approximate surface area is 171 Å². The van der Waals surface area contributed by atoms with Gasteiger partial charge in [0.05, 0.1) is 19.2 Å². The predicted octanol–water partition coefficient (Wildman–Crippen LogP) is 3.87. The van der Waals surface area contributed by atoms with Crippen LogP contribution in [0.15, 0.2) is 77.7 Å². The smallest absolute Gasteiger partial charge is 0.250 e. The Kier molecular flexibility index (Phi) is 7.62. The van der Waals surface area contributed by atoms with E-state index < -0.39 is 0 Å². The Hall–Kier alpha value is -3.36. The van der Waals surface area contributed by atoms with Gasteiger partial charge in [-0.2, -0.15) is 5.26 Å². The normalized spacial score (nSPS) is 10.4. The van der Waals surface area contributed by atoms with E-state index in [9.17, 15) is 4.79 Å². The molecule has 0 amide bonds. The van der Waals surface area contributed by atoms with Gasteiger partial charge in [0.2, 0.25) is 0 Å². The minimum Gasteiger partial charge on any atom is -0.494 e. The first-order chi connectivity index (χ1) is 14.2. The maximum Gasteiger partial charge on any atom is 0.250 e. The zero-order valence-electron chi connectivity index (χ0n) is 16.4. The Bertz CT molecular complexity index is 1000. The Morgan fingerprint density at radius 1 is 0.931 bits per heavy atom. The summed E-state index contributed by atoms with van der Waals surface area (Å²) in [5, 5.41) is 12.0. The molecule has 0 radical (unpaired) electrons. The first-order valence-electron chi connectivity index (χ1n) is 9.77. The molecule has 1 heterocycles. The van der Waals surface area contributed by atoms with Crippen LogP contribution < -0.4 is 15.6 Å². The lowest BCUT2D eigenvalue weighted by atomic mass is 10.1. The van der Waals surface area contributed by atoms with E-state index in [-0.39, 0.29) is 5.56 Å². The molecule has 0 saturated heterocycles. The van der Waals surface area contributed by atoms with Gasteiger partial charge in [0.1, 0.15) is 5.75 Å². The first kappa shape index (κ1) is 20.4. The molecule has 3 aromatic rings. The molecule has 0 atom stereocenters. The molecule has 2 aromatic carbocycles. The number of unbranched alkanes of at least 4 members (excludes halogenated alkanes) is 1. The summed E-state index contributed by atoms with van der Waals surface area (Å²) >= 11 is 0. The molecular formula is C24H25N3O2. The van der Waals surface area contributed by atoms with Crippen LogP contribution in [0.2, 0.25) is 0 Å². The quantitative estimate of drug-likeness (QED) is 0.536. The summed E-state index contributed by atoms with van der Waals surface area (Å²) in [5.74, 6) is 0.836. The number of ether oxygens (including phenoxy) is 1. The molecule has 3 rings (SSSR count). The second-order valence-corrected chi connectivity index (χ2v) is 6.84. The predicted molar refractivity (Wildman–Crippen MR) is 114 cm³/mol. The summed E-state index contributed by atoms with van der Waals surface area (Å²) in [5.41, 5.74) is 3.46. The molecular weight excluding hydrogens is 362 g/mol. The van der Waals surface area contributed by atoms with E-state index >= 15 is 0 Å². The number of nitrogens with zero attached hydrogens (tertiary/aromatic N) is 2. The number of benzene rings is 2. The van der Waals surface area contributed by atoms with Gasteiger partial charge in [-0.3, -0.25) is 4.79 Å². The molecule has 0 fully saturated rings. The van der Waals surface area contributed by atoms with Gasteiger partial charge >= 0.3 is 0 Å². The van der Waals surface area contributed by atoms with Crippen LogP contribution in [-0.2, 0) is 19.6 Å². The summed E-state index contributed by atoms with van der Waals surface area (Å²) in [6, 6.07) is 23.6. The van der Waals surface area contributed by atoms with Crippen LogP contribution in [0.25, 0.3) is 0 Å². The molecule has 1 aromatic heterocycles. The van der Waals surface area contributed by atoms with Gasteiger partial charge in [0.25, 0.3) is 5.56 Å². The molecule has 0 bridgehead atoms. The molecule has 0 aliphatic rings. The molecule has 5 nitrogen and oxygen atoms in total. The van der Waals surface area contributed by atoms with Crippen molar-refractivity contribution in [2.45, 2.75) is 32.5 Å². The highest BCUT2D eigenvalue weighted by molar-refractivity contribution is 5.28. The van der Waals surface area contributed by atoms with E-state index in [1.54, 1.807) is 22.9 Å². The van der Waals surface area contributed by atoms with Crippen LogP contribution in [0.5, 0.6) is 5.75 Å². The lowest BCUT2D eigenvalue weighted by molar-refractivity contribution is 0.312. The third kappa shape index (κ3) is 6.63. The van der Waals surface area contributed by atoms with Crippen LogP contribution in [0.1, 0.15) is 29.5 Å². The van der Waals surface area contributed by atoms with Crippen LogP contribution in [-0.4, -0.2) is 11.2 Å². The third-order valence-corrected chi connectivity index (χ3v) is 4.53. The van der Waals surface area contributed by atoms with Crippen molar-refractivity contribution in [3.8, 4) is 11.8 Å². The van der Waals surface area contributed by atoms with E-state index in [0.717, 1.165) is 36.4 Å². The van der Waals surface area contributed by atoms with Crippen molar-refractivity contribution in [2.24, 2.45) is 0 Å². The van der Waals surface area contributed by atoms with Crippen molar-refractivity contribution in [1.29, 1.82) is 5.26 Å². The zero-order chi connectivity index (χ0) is 20.3.